The van der Waals surface area contributed by atoms with Crippen molar-refractivity contribution in [2.75, 3.05) is 17.3 Å². The summed E-state index contributed by atoms with van der Waals surface area (Å²) in [6, 6.07) is 4.71. The van der Waals surface area contributed by atoms with E-state index >= 15 is 0 Å². The molecule has 1 aromatic carbocycles. The maximum atomic E-state index is 11.8. The summed E-state index contributed by atoms with van der Waals surface area (Å²) in [7, 11) is 0. The Balaban J connectivity index is 2.68. The molecule has 0 fully saturated rings. The number of carbonyl (C=O) groups excluding carboxylic acids is 1. The topological polar surface area (TPSA) is 102 Å². The fourth-order valence-electron chi connectivity index (χ4n) is 1.50. The number of carbonyl (C=O) groups is 2. The van der Waals surface area contributed by atoms with Crippen LogP contribution in [0.1, 0.15) is 12.0 Å². The van der Waals surface area contributed by atoms with Crippen molar-refractivity contribution in [2.24, 2.45) is 0 Å². The van der Waals surface area contributed by atoms with Crippen LogP contribution in [0.5, 0.6) is 0 Å². The predicted octanol–water partition coefficient (Wildman–Crippen LogP) is 2.54. The second-order valence-electron chi connectivity index (χ2n) is 4.08. The summed E-state index contributed by atoms with van der Waals surface area (Å²) in [6.07, 6.45) is 2.18. The molecular formula is C13H14ClN3O3S. The number of thioether (sulfide) groups is 1. The van der Waals surface area contributed by atoms with Crippen LogP contribution in [-0.2, 0) is 4.79 Å². The van der Waals surface area contributed by atoms with Crippen molar-refractivity contribution in [1.82, 2.24) is 5.32 Å². The van der Waals surface area contributed by atoms with Gasteiger partial charge in [0, 0.05) is 0 Å². The average Bonchev–Trinajstić information content (AvgIpc) is 2.45. The van der Waals surface area contributed by atoms with Gasteiger partial charge in [0.25, 0.3) is 0 Å². The quantitative estimate of drug-likeness (QED) is 0.745. The zero-order valence-electron chi connectivity index (χ0n) is 11.2. The highest BCUT2D eigenvalue weighted by atomic mass is 35.5. The molecule has 8 heteroatoms. The van der Waals surface area contributed by atoms with Gasteiger partial charge in [-0.2, -0.15) is 17.0 Å². The van der Waals surface area contributed by atoms with E-state index in [1.54, 1.807) is 0 Å². The van der Waals surface area contributed by atoms with E-state index in [1.807, 2.05) is 12.3 Å². The molecule has 0 heterocycles. The van der Waals surface area contributed by atoms with Crippen LogP contribution >= 0.6 is 23.4 Å². The third kappa shape index (κ3) is 5.53. The number of carboxylic acid groups (broad SMARTS) is 1. The molecule has 1 atom stereocenters. The number of halogens is 1. The van der Waals surface area contributed by atoms with Crippen molar-refractivity contribution in [3.8, 4) is 6.07 Å². The van der Waals surface area contributed by atoms with Gasteiger partial charge in [-0.3, -0.25) is 0 Å². The van der Waals surface area contributed by atoms with Crippen LogP contribution in [-0.4, -0.2) is 35.2 Å². The Bertz CT molecular complexity index is 574. The van der Waals surface area contributed by atoms with Crippen molar-refractivity contribution in [2.45, 2.75) is 12.5 Å². The lowest BCUT2D eigenvalue weighted by Gasteiger charge is -2.15. The van der Waals surface area contributed by atoms with E-state index in [0.29, 0.717) is 23.4 Å². The van der Waals surface area contributed by atoms with Gasteiger partial charge in [0.2, 0.25) is 0 Å². The van der Waals surface area contributed by atoms with Gasteiger partial charge >= 0.3 is 12.0 Å². The maximum Gasteiger partial charge on any atom is 0.326 e. The number of anilines is 1. The molecule has 6 nitrogen and oxygen atoms in total. The first kappa shape index (κ1) is 17.1. The van der Waals surface area contributed by atoms with Crippen LogP contribution in [0.15, 0.2) is 18.2 Å². The lowest BCUT2D eigenvalue weighted by molar-refractivity contribution is -0.139. The van der Waals surface area contributed by atoms with E-state index < -0.39 is 18.0 Å². The SMILES string of the molecule is CSCCC(NC(=O)Nc1ccc(C#N)cc1Cl)C(=O)O. The molecule has 3 N–H and O–H groups in total. The zero-order valence-corrected chi connectivity index (χ0v) is 12.8. The first-order valence-electron chi connectivity index (χ1n) is 5.96. The largest absolute Gasteiger partial charge is 0.480 e. The van der Waals surface area contributed by atoms with Crippen molar-refractivity contribution in [3.05, 3.63) is 28.8 Å². The molecule has 1 aromatic rings. The van der Waals surface area contributed by atoms with E-state index in [1.165, 1.54) is 30.0 Å². The third-order valence-electron chi connectivity index (χ3n) is 2.56. The molecule has 0 aliphatic heterocycles. The number of rotatable bonds is 6. The molecule has 0 radical (unpaired) electrons. The second kappa shape index (κ2) is 8.39. The van der Waals surface area contributed by atoms with E-state index in [4.69, 9.17) is 22.0 Å². The van der Waals surface area contributed by atoms with Crippen molar-refractivity contribution >= 4 is 41.1 Å². The Hall–Kier alpha value is -1.91. The number of hydrogen-bond acceptors (Lipinski definition) is 4. The molecular weight excluding hydrogens is 314 g/mol. The number of amides is 2. The molecule has 0 spiro atoms. The van der Waals surface area contributed by atoms with Crippen LogP contribution in [0.25, 0.3) is 0 Å². The van der Waals surface area contributed by atoms with Gasteiger partial charge in [-0.1, -0.05) is 11.6 Å². The third-order valence-corrected chi connectivity index (χ3v) is 3.52. The van der Waals surface area contributed by atoms with Crippen molar-refractivity contribution in [1.29, 1.82) is 5.26 Å². The summed E-state index contributed by atoms with van der Waals surface area (Å²) < 4.78 is 0. The molecule has 112 valence electrons. The van der Waals surface area contributed by atoms with Gasteiger partial charge in [0.05, 0.1) is 22.3 Å². The van der Waals surface area contributed by atoms with Gasteiger partial charge in [0.1, 0.15) is 6.04 Å². The Morgan fingerprint density at radius 2 is 2.24 bits per heavy atom. The smallest absolute Gasteiger partial charge is 0.326 e. The van der Waals surface area contributed by atoms with Gasteiger partial charge in [-0.05, 0) is 36.6 Å². The second-order valence-corrected chi connectivity index (χ2v) is 5.47. The molecule has 0 aromatic heterocycles. The fourth-order valence-corrected chi connectivity index (χ4v) is 2.19. The molecule has 0 aliphatic rings. The number of carboxylic acids is 1. The first-order chi connectivity index (χ1) is 9.97. The molecule has 0 saturated carbocycles. The average molecular weight is 328 g/mol. The number of hydrogen-bond donors (Lipinski definition) is 3. The molecule has 1 unspecified atom stereocenters. The molecule has 0 saturated heterocycles. The van der Waals surface area contributed by atoms with Crippen LogP contribution in [0.3, 0.4) is 0 Å². The first-order valence-corrected chi connectivity index (χ1v) is 7.74. The van der Waals surface area contributed by atoms with Crippen LogP contribution in [0.2, 0.25) is 5.02 Å². The van der Waals surface area contributed by atoms with Gasteiger partial charge < -0.3 is 15.7 Å². The van der Waals surface area contributed by atoms with Crippen molar-refractivity contribution in [3.63, 3.8) is 0 Å². The lowest BCUT2D eigenvalue weighted by Crippen LogP contribution is -2.43. The maximum absolute atomic E-state index is 11.8. The molecule has 2 amide bonds. The summed E-state index contributed by atoms with van der Waals surface area (Å²) in [5.74, 6) is -0.473. The predicted molar refractivity (Wildman–Crippen MR) is 82.7 cm³/mol. The van der Waals surface area contributed by atoms with Crippen LogP contribution in [0, 0.1) is 11.3 Å². The normalized spacial score (nSPS) is 11.3. The number of nitriles is 1. The standard InChI is InChI=1S/C13H14ClN3O3S/c1-21-5-4-11(12(18)19)17-13(20)16-10-3-2-8(7-15)6-9(10)14/h2-3,6,11H,4-5H2,1H3,(H,18,19)(H2,16,17,20). The minimum atomic E-state index is -1.09. The minimum absolute atomic E-state index is 0.209. The number of urea groups is 1. The molecule has 1 rings (SSSR count). The minimum Gasteiger partial charge on any atom is -0.480 e. The van der Waals surface area contributed by atoms with E-state index in [9.17, 15) is 9.59 Å². The monoisotopic (exact) mass is 327 g/mol. The van der Waals surface area contributed by atoms with Gasteiger partial charge in [-0.25, -0.2) is 9.59 Å². The zero-order chi connectivity index (χ0) is 15.8. The number of benzene rings is 1. The van der Waals surface area contributed by atoms with Gasteiger partial charge in [0.15, 0.2) is 0 Å². The van der Waals surface area contributed by atoms with E-state index in [0.717, 1.165) is 0 Å². The highest BCUT2D eigenvalue weighted by Crippen LogP contribution is 2.22. The van der Waals surface area contributed by atoms with E-state index in [2.05, 4.69) is 10.6 Å². The fraction of sp³-hybridized carbons (Fsp3) is 0.308. The summed E-state index contributed by atoms with van der Waals surface area (Å²) in [4.78, 5) is 22.8. The highest BCUT2D eigenvalue weighted by molar-refractivity contribution is 7.98. The van der Waals surface area contributed by atoms with Crippen LogP contribution in [0.4, 0.5) is 10.5 Å². The Morgan fingerprint density at radius 3 is 2.76 bits per heavy atom. The Labute approximate surface area is 131 Å². The number of nitrogens with one attached hydrogen (secondary N) is 2. The summed E-state index contributed by atoms with van der Waals surface area (Å²) >= 11 is 7.42. The molecule has 0 bridgehead atoms. The lowest BCUT2D eigenvalue weighted by atomic mass is 10.2. The summed E-state index contributed by atoms with van der Waals surface area (Å²) in [5.41, 5.74) is 0.677. The van der Waals surface area contributed by atoms with Crippen LogP contribution < -0.4 is 10.6 Å². The Morgan fingerprint density at radius 1 is 1.52 bits per heavy atom. The van der Waals surface area contributed by atoms with E-state index in [-0.39, 0.29) is 5.02 Å². The van der Waals surface area contributed by atoms with Gasteiger partial charge in [-0.15, -0.1) is 0 Å². The highest BCUT2D eigenvalue weighted by Gasteiger charge is 2.19. The molecule has 0 aliphatic carbocycles. The summed E-state index contributed by atoms with van der Waals surface area (Å²) in [6.45, 7) is 0. The number of aliphatic carboxylic acids is 1. The number of nitrogens with zero attached hydrogens (tertiary/aromatic N) is 1. The van der Waals surface area contributed by atoms with Crippen molar-refractivity contribution < 1.29 is 14.7 Å². The summed E-state index contributed by atoms with van der Waals surface area (Å²) in [5, 5.41) is 22.8. The Kier molecular flexibility index (Phi) is 6.85. The molecule has 21 heavy (non-hydrogen) atoms.